The number of aromatic nitrogens is 2. The maximum atomic E-state index is 12.1. The number of anilines is 1. The molecule has 1 N–H and O–H groups in total. The van der Waals surface area contributed by atoms with E-state index in [2.05, 4.69) is 42.4 Å². The fourth-order valence-corrected chi connectivity index (χ4v) is 3.03. The van der Waals surface area contributed by atoms with E-state index in [0.29, 0.717) is 5.56 Å². The highest BCUT2D eigenvalue weighted by molar-refractivity contribution is 9.10. The molecule has 1 aliphatic heterocycles. The van der Waals surface area contributed by atoms with Crippen LogP contribution in [0.2, 0.25) is 0 Å². The fraction of sp³-hybridized carbons (Fsp3) is 0.267. The van der Waals surface area contributed by atoms with E-state index in [1.807, 2.05) is 18.2 Å². The normalized spacial score (nSPS) is 17.8. The van der Waals surface area contributed by atoms with Crippen molar-refractivity contribution in [3.8, 4) is 0 Å². The largest absolute Gasteiger partial charge is 0.368 e. The first-order chi connectivity index (χ1) is 10.2. The van der Waals surface area contributed by atoms with Gasteiger partial charge in [-0.2, -0.15) is 10.2 Å². The Labute approximate surface area is 131 Å². The number of nitrogens with zero attached hydrogens (tertiary/aromatic N) is 3. The molecule has 1 fully saturated rings. The van der Waals surface area contributed by atoms with Gasteiger partial charge < -0.3 is 10.2 Å². The molecule has 21 heavy (non-hydrogen) atoms. The highest BCUT2D eigenvalue weighted by Gasteiger charge is 2.25. The lowest BCUT2D eigenvalue weighted by molar-refractivity contribution is 0.0940. The second-order valence-electron chi connectivity index (χ2n) is 4.99. The van der Waals surface area contributed by atoms with E-state index in [1.165, 1.54) is 18.1 Å². The predicted octanol–water partition coefficient (Wildman–Crippen LogP) is 2.25. The standard InChI is InChI=1S/C15H15BrN4O/c16-13-3-1-2-4-14(13)20-8-6-12(10-20)19-15(21)11-5-7-17-18-9-11/h1-5,7,9,12H,6,8,10H2,(H,19,21). The average molecular weight is 347 g/mol. The van der Waals surface area contributed by atoms with Crippen LogP contribution in [0.25, 0.3) is 0 Å². The molecule has 108 valence electrons. The van der Waals surface area contributed by atoms with Crippen LogP contribution in [-0.4, -0.2) is 35.2 Å². The number of halogens is 1. The summed E-state index contributed by atoms with van der Waals surface area (Å²) in [5, 5.41) is 10.5. The van der Waals surface area contributed by atoms with Gasteiger partial charge in [0.2, 0.25) is 0 Å². The van der Waals surface area contributed by atoms with E-state index in [1.54, 1.807) is 6.07 Å². The molecule has 5 nitrogen and oxygen atoms in total. The van der Waals surface area contributed by atoms with Gasteiger partial charge in [-0.3, -0.25) is 4.79 Å². The van der Waals surface area contributed by atoms with Crippen molar-refractivity contribution < 1.29 is 4.79 Å². The van der Waals surface area contributed by atoms with Crippen LogP contribution in [0, 0.1) is 0 Å². The van der Waals surface area contributed by atoms with Crippen LogP contribution in [0.3, 0.4) is 0 Å². The first kappa shape index (κ1) is 14.0. The lowest BCUT2D eigenvalue weighted by Gasteiger charge is -2.20. The minimum Gasteiger partial charge on any atom is -0.368 e. The molecular formula is C15H15BrN4O. The van der Waals surface area contributed by atoms with E-state index < -0.39 is 0 Å². The second-order valence-corrected chi connectivity index (χ2v) is 5.84. The third-order valence-corrected chi connectivity index (χ3v) is 4.23. The topological polar surface area (TPSA) is 58.1 Å². The Morgan fingerprint density at radius 3 is 2.90 bits per heavy atom. The second kappa shape index (κ2) is 6.22. The first-order valence-electron chi connectivity index (χ1n) is 6.81. The van der Waals surface area contributed by atoms with Crippen molar-refractivity contribution in [3.05, 3.63) is 52.8 Å². The Bertz CT molecular complexity index is 635. The van der Waals surface area contributed by atoms with E-state index >= 15 is 0 Å². The number of carbonyl (C=O) groups excluding carboxylic acids is 1. The molecule has 0 saturated carbocycles. The average Bonchev–Trinajstić information content (AvgIpc) is 2.97. The molecule has 3 rings (SSSR count). The van der Waals surface area contributed by atoms with Crippen molar-refractivity contribution in [2.24, 2.45) is 0 Å². The van der Waals surface area contributed by atoms with Gasteiger partial charge in [0.25, 0.3) is 5.91 Å². The highest BCUT2D eigenvalue weighted by atomic mass is 79.9. The predicted molar refractivity (Wildman–Crippen MR) is 84.3 cm³/mol. The lowest BCUT2D eigenvalue weighted by Crippen LogP contribution is -2.37. The highest BCUT2D eigenvalue weighted by Crippen LogP contribution is 2.28. The van der Waals surface area contributed by atoms with Gasteiger partial charge in [0.15, 0.2) is 0 Å². The van der Waals surface area contributed by atoms with Crippen molar-refractivity contribution in [1.82, 2.24) is 15.5 Å². The molecule has 2 heterocycles. The molecule has 1 aromatic carbocycles. The molecule has 1 aliphatic rings. The van der Waals surface area contributed by atoms with Gasteiger partial charge in [-0.15, -0.1) is 0 Å². The summed E-state index contributed by atoms with van der Waals surface area (Å²) < 4.78 is 1.08. The maximum absolute atomic E-state index is 12.1. The molecule has 1 atom stereocenters. The molecule has 0 spiro atoms. The van der Waals surface area contributed by atoms with E-state index in [4.69, 9.17) is 0 Å². The number of para-hydroxylation sites is 1. The Balaban J connectivity index is 1.63. The van der Waals surface area contributed by atoms with E-state index in [9.17, 15) is 4.79 Å². The molecule has 0 bridgehead atoms. The van der Waals surface area contributed by atoms with Gasteiger partial charge >= 0.3 is 0 Å². The van der Waals surface area contributed by atoms with Crippen molar-refractivity contribution in [3.63, 3.8) is 0 Å². The van der Waals surface area contributed by atoms with E-state index in [-0.39, 0.29) is 11.9 Å². The van der Waals surface area contributed by atoms with Crippen molar-refractivity contribution in [1.29, 1.82) is 0 Å². The van der Waals surface area contributed by atoms with Crippen molar-refractivity contribution >= 4 is 27.5 Å². The summed E-state index contributed by atoms with van der Waals surface area (Å²) in [6.45, 7) is 1.75. The van der Waals surface area contributed by atoms with E-state index in [0.717, 1.165) is 24.0 Å². The molecular weight excluding hydrogens is 332 g/mol. The van der Waals surface area contributed by atoms with Gasteiger partial charge in [-0.1, -0.05) is 12.1 Å². The SMILES string of the molecule is O=C(NC1CCN(c2ccccc2Br)C1)c1ccnnc1. The van der Waals surface area contributed by atoms with Crippen molar-refractivity contribution in [2.75, 3.05) is 18.0 Å². The van der Waals surface area contributed by atoms with Crippen LogP contribution in [-0.2, 0) is 0 Å². The molecule has 0 aliphatic carbocycles. The first-order valence-corrected chi connectivity index (χ1v) is 7.60. The molecule has 1 amide bonds. The maximum Gasteiger partial charge on any atom is 0.253 e. The quantitative estimate of drug-likeness (QED) is 0.925. The number of hydrogen-bond donors (Lipinski definition) is 1. The molecule has 1 unspecified atom stereocenters. The monoisotopic (exact) mass is 346 g/mol. The van der Waals surface area contributed by atoms with Crippen LogP contribution in [0.4, 0.5) is 5.69 Å². The fourth-order valence-electron chi connectivity index (χ4n) is 2.50. The zero-order valence-corrected chi connectivity index (χ0v) is 13.0. The van der Waals surface area contributed by atoms with Crippen LogP contribution in [0.5, 0.6) is 0 Å². The summed E-state index contributed by atoms with van der Waals surface area (Å²) in [6.07, 6.45) is 3.94. The molecule has 0 radical (unpaired) electrons. The van der Waals surface area contributed by atoms with Gasteiger partial charge in [0.05, 0.1) is 23.6 Å². The van der Waals surface area contributed by atoms with Gasteiger partial charge in [0, 0.05) is 23.6 Å². The van der Waals surface area contributed by atoms with Crippen LogP contribution >= 0.6 is 15.9 Å². The Hall–Kier alpha value is -1.95. The number of hydrogen-bond acceptors (Lipinski definition) is 4. The lowest BCUT2D eigenvalue weighted by atomic mass is 10.2. The van der Waals surface area contributed by atoms with Crippen LogP contribution in [0.15, 0.2) is 47.2 Å². The zero-order chi connectivity index (χ0) is 14.7. The smallest absolute Gasteiger partial charge is 0.253 e. The minimum atomic E-state index is -0.0936. The molecule has 1 aromatic heterocycles. The molecule has 2 aromatic rings. The van der Waals surface area contributed by atoms with Gasteiger partial charge in [0.1, 0.15) is 0 Å². The van der Waals surface area contributed by atoms with Crippen molar-refractivity contribution in [2.45, 2.75) is 12.5 Å². The van der Waals surface area contributed by atoms with Crippen LogP contribution < -0.4 is 10.2 Å². The molecule has 1 saturated heterocycles. The summed E-state index contributed by atoms with van der Waals surface area (Å²) in [4.78, 5) is 14.4. The number of rotatable bonds is 3. The molecule has 6 heteroatoms. The third-order valence-electron chi connectivity index (χ3n) is 3.56. The Kier molecular flexibility index (Phi) is 4.15. The number of amides is 1. The number of benzene rings is 1. The number of nitrogens with one attached hydrogen (secondary N) is 1. The third kappa shape index (κ3) is 3.21. The Morgan fingerprint density at radius 2 is 2.14 bits per heavy atom. The summed E-state index contributed by atoms with van der Waals surface area (Å²) in [5.41, 5.74) is 1.71. The summed E-state index contributed by atoms with van der Waals surface area (Å²) >= 11 is 3.57. The minimum absolute atomic E-state index is 0.0936. The summed E-state index contributed by atoms with van der Waals surface area (Å²) in [6, 6.07) is 9.96. The summed E-state index contributed by atoms with van der Waals surface area (Å²) in [5.74, 6) is -0.0936. The Morgan fingerprint density at radius 1 is 1.29 bits per heavy atom. The number of carbonyl (C=O) groups is 1. The van der Waals surface area contributed by atoms with Crippen LogP contribution in [0.1, 0.15) is 16.8 Å². The zero-order valence-electron chi connectivity index (χ0n) is 11.4. The summed E-state index contributed by atoms with van der Waals surface area (Å²) in [7, 11) is 0. The van der Waals surface area contributed by atoms with Gasteiger partial charge in [-0.25, -0.2) is 0 Å². The van der Waals surface area contributed by atoms with Gasteiger partial charge in [-0.05, 0) is 40.5 Å².